The molecule has 1 aliphatic rings. The number of benzene rings is 2. The first-order chi connectivity index (χ1) is 11.3. The monoisotopic (exact) mass is 347 g/mol. The van der Waals surface area contributed by atoms with E-state index in [2.05, 4.69) is 32.6 Å². The van der Waals surface area contributed by atoms with Crippen LogP contribution in [0.5, 0.6) is 11.5 Å². The van der Waals surface area contributed by atoms with E-state index in [9.17, 15) is 5.11 Å². The third kappa shape index (κ3) is 2.59. The maximum Gasteiger partial charge on any atom is 0.127 e. The van der Waals surface area contributed by atoms with E-state index in [4.69, 9.17) is 16.3 Å². The number of ether oxygens (including phenoxy) is 1. The Bertz CT molecular complexity index is 766. The number of halogens is 1. The summed E-state index contributed by atoms with van der Waals surface area (Å²) in [6, 6.07) is 7.70. The lowest BCUT2D eigenvalue weighted by molar-refractivity contribution is 0.419. The SMILES string of the molecule is CC[C@@H](Cl)[C@@H]1CN(C(C)(C)C)c2cc(O)c3cccc(OC)c3c21. The molecular formula is C20H26ClNO2. The summed E-state index contributed by atoms with van der Waals surface area (Å²) in [5.41, 5.74) is 2.23. The maximum absolute atomic E-state index is 10.6. The molecule has 0 aromatic heterocycles. The van der Waals surface area contributed by atoms with Crippen molar-refractivity contribution in [3.8, 4) is 11.5 Å². The summed E-state index contributed by atoms with van der Waals surface area (Å²) < 4.78 is 5.62. The smallest absolute Gasteiger partial charge is 0.127 e. The molecule has 3 nitrogen and oxygen atoms in total. The predicted octanol–water partition coefficient (Wildman–Crippen LogP) is 5.27. The standard InChI is InChI=1S/C20H26ClNO2/c1-6-14(21)13-11-22(20(2,3)4)15-10-16(23)12-8-7-9-17(24-5)19(12)18(13)15/h7-10,13-14,23H,6,11H2,1-5H3/t13-,14+/m0/s1. The minimum Gasteiger partial charge on any atom is -0.507 e. The van der Waals surface area contributed by atoms with Gasteiger partial charge in [-0.05, 0) is 38.8 Å². The Hall–Kier alpha value is -1.61. The first kappa shape index (κ1) is 17.2. The van der Waals surface area contributed by atoms with Crippen LogP contribution in [0.25, 0.3) is 10.8 Å². The van der Waals surface area contributed by atoms with E-state index in [-0.39, 0.29) is 16.8 Å². The number of anilines is 1. The van der Waals surface area contributed by atoms with Gasteiger partial charge < -0.3 is 14.7 Å². The van der Waals surface area contributed by atoms with E-state index < -0.39 is 0 Å². The van der Waals surface area contributed by atoms with Gasteiger partial charge in [-0.25, -0.2) is 0 Å². The molecule has 3 rings (SSSR count). The van der Waals surface area contributed by atoms with E-state index in [1.54, 1.807) is 7.11 Å². The summed E-state index contributed by atoms with van der Waals surface area (Å²) in [5, 5.41) is 12.5. The van der Waals surface area contributed by atoms with Crippen LogP contribution in [0, 0.1) is 0 Å². The molecule has 0 amide bonds. The zero-order valence-corrected chi connectivity index (χ0v) is 15.8. The fourth-order valence-corrected chi connectivity index (χ4v) is 4.01. The molecule has 4 heteroatoms. The summed E-state index contributed by atoms with van der Waals surface area (Å²) in [7, 11) is 1.68. The quantitative estimate of drug-likeness (QED) is 0.767. The van der Waals surface area contributed by atoms with Crippen LogP contribution < -0.4 is 9.64 Å². The first-order valence-electron chi connectivity index (χ1n) is 8.53. The number of aromatic hydroxyl groups is 1. The number of hydrogen-bond donors (Lipinski definition) is 1. The van der Waals surface area contributed by atoms with E-state index in [0.29, 0.717) is 5.75 Å². The molecule has 0 radical (unpaired) electrons. The highest BCUT2D eigenvalue weighted by Gasteiger charge is 2.39. The van der Waals surface area contributed by atoms with Crippen LogP contribution in [0.2, 0.25) is 0 Å². The number of alkyl halides is 1. The second-order valence-corrected chi connectivity index (χ2v) is 8.08. The van der Waals surface area contributed by atoms with Gasteiger partial charge in [0.15, 0.2) is 0 Å². The van der Waals surface area contributed by atoms with Crippen molar-refractivity contribution in [2.75, 3.05) is 18.6 Å². The van der Waals surface area contributed by atoms with Gasteiger partial charge in [0.05, 0.1) is 7.11 Å². The van der Waals surface area contributed by atoms with Crippen LogP contribution >= 0.6 is 11.6 Å². The molecule has 0 unspecified atom stereocenters. The zero-order valence-electron chi connectivity index (χ0n) is 15.1. The predicted molar refractivity (Wildman–Crippen MR) is 102 cm³/mol. The highest BCUT2D eigenvalue weighted by Crippen LogP contribution is 2.51. The lowest BCUT2D eigenvalue weighted by atomic mass is 9.90. The molecule has 1 aliphatic heterocycles. The zero-order chi connectivity index (χ0) is 17.6. The lowest BCUT2D eigenvalue weighted by Crippen LogP contribution is -2.41. The van der Waals surface area contributed by atoms with Gasteiger partial charge in [-0.2, -0.15) is 0 Å². The molecule has 0 saturated heterocycles. The van der Waals surface area contributed by atoms with Crippen LogP contribution in [0.15, 0.2) is 24.3 Å². The van der Waals surface area contributed by atoms with E-state index in [1.807, 2.05) is 24.3 Å². The van der Waals surface area contributed by atoms with Crippen LogP contribution in [0.1, 0.15) is 45.6 Å². The number of phenolic OH excluding ortho intramolecular Hbond substituents is 1. The molecule has 2 aromatic carbocycles. The van der Waals surface area contributed by atoms with Crippen LogP contribution in [0.3, 0.4) is 0 Å². The molecule has 2 aromatic rings. The summed E-state index contributed by atoms with van der Waals surface area (Å²) in [4.78, 5) is 2.35. The fourth-order valence-electron chi connectivity index (χ4n) is 3.81. The van der Waals surface area contributed by atoms with Crippen molar-refractivity contribution in [1.82, 2.24) is 0 Å². The van der Waals surface area contributed by atoms with Crippen molar-refractivity contribution in [2.45, 2.75) is 50.9 Å². The third-order valence-corrected chi connectivity index (χ3v) is 5.63. The van der Waals surface area contributed by atoms with Crippen LogP contribution in [-0.4, -0.2) is 29.7 Å². The third-order valence-electron chi connectivity index (χ3n) is 5.02. The van der Waals surface area contributed by atoms with Crippen LogP contribution in [-0.2, 0) is 0 Å². The average molecular weight is 348 g/mol. The lowest BCUT2D eigenvalue weighted by Gasteiger charge is -2.35. The Morgan fingerprint density at radius 3 is 2.67 bits per heavy atom. The van der Waals surface area contributed by atoms with Crippen molar-refractivity contribution in [1.29, 1.82) is 0 Å². The second-order valence-electron chi connectivity index (χ2n) is 7.52. The highest BCUT2D eigenvalue weighted by atomic mass is 35.5. The van der Waals surface area contributed by atoms with Gasteiger partial charge in [0.25, 0.3) is 0 Å². The fraction of sp³-hybridized carbons (Fsp3) is 0.500. The average Bonchev–Trinajstić information content (AvgIpc) is 2.93. The van der Waals surface area contributed by atoms with Gasteiger partial charge in [-0.1, -0.05) is 19.1 Å². The van der Waals surface area contributed by atoms with Gasteiger partial charge in [0.2, 0.25) is 0 Å². The molecule has 130 valence electrons. The van der Waals surface area contributed by atoms with Gasteiger partial charge in [0, 0.05) is 45.9 Å². The molecule has 2 atom stereocenters. The van der Waals surface area contributed by atoms with Crippen LogP contribution in [0.4, 0.5) is 5.69 Å². The minimum absolute atomic E-state index is 0.0457. The number of nitrogens with zero attached hydrogens (tertiary/aromatic N) is 1. The summed E-state index contributed by atoms with van der Waals surface area (Å²) >= 11 is 6.72. The minimum atomic E-state index is -0.0457. The Balaban J connectivity index is 2.37. The largest absolute Gasteiger partial charge is 0.507 e. The topological polar surface area (TPSA) is 32.7 Å². The van der Waals surface area contributed by atoms with Gasteiger partial charge in [0.1, 0.15) is 11.5 Å². The summed E-state index contributed by atoms with van der Waals surface area (Å²) in [5.74, 6) is 1.30. The van der Waals surface area contributed by atoms with Gasteiger partial charge in [-0.3, -0.25) is 0 Å². The Labute approximate surface area is 149 Å². The molecule has 1 N–H and O–H groups in total. The molecule has 1 heterocycles. The molecule has 0 spiro atoms. The van der Waals surface area contributed by atoms with Crippen molar-refractivity contribution < 1.29 is 9.84 Å². The van der Waals surface area contributed by atoms with Gasteiger partial charge in [-0.15, -0.1) is 11.6 Å². The van der Waals surface area contributed by atoms with Crippen molar-refractivity contribution in [2.24, 2.45) is 0 Å². The molecule has 0 saturated carbocycles. The molecular weight excluding hydrogens is 322 g/mol. The number of phenols is 1. The highest BCUT2D eigenvalue weighted by molar-refractivity contribution is 6.21. The molecule has 0 fully saturated rings. The van der Waals surface area contributed by atoms with E-state index >= 15 is 0 Å². The number of hydrogen-bond acceptors (Lipinski definition) is 3. The summed E-state index contributed by atoms with van der Waals surface area (Å²) in [6.07, 6.45) is 0.904. The molecule has 0 bridgehead atoms. The van der Waals surface area contributed by atoms with Gasteiger partial charge >= 0.3 is 0 Å². The Morgan fingerprint density at radius 2 is 2.08 bits per heavy atom. The maximum atomic E-state index is 10.6. The Morgan fingerprint density at radius 1 is 1.38 bits per heavy atom. The van der Waals surface area contributed by atoms with E-state index in [0.717, 1.165) is 35.2 Å². The second kappa shape index (κ2) is 6.03. The first-order valence-corrected chi connectivity index (χ1v) is 8.97. The molecule has 0 aliphatic carbocycles. The van der Waals surface area contributed by atoms with Crippen molar-refractivity contribution >= 4 is 28.1 Å². The normalized spacial score (nSPS) is 18.8. The Kier molecular flexibility index (Phi) is 4.33. The summed E-state index contributed by atoms with van der Waals surface area (Å²) in [6.45, 7) is 9.56. The van der Waals surface area contributed by atoms with Crippen molar-refractivity contribution in [3.05, 3.63) is 29.8 Å². The number of methoxy groups -OCH3 is 1. The van der Waals surface area contributed by atoms with E-state index in [1.165, 1.54) is 5.56 Å². The number of fused-ring (bicyclic) bond motifs is 3. The molecule has 24 heavy (non-hydrogen) atoms. The van der Waals surface area contributed by atoms with Crippen molar-refractivity contribution in [3.63, 3.8) is 0 Å². The number of rotatable bonds is 3.